The van der Waals surface area contributed by atoms with Gasteiger partial charge in [-0.05, 0) is 39.0 Å². The third-order valence-corrected chi connectivity index (χ3v) is 4.04. The van der Waals surface area contributed by atoms with Gasteiger partial charge in [-0.2, -0.15) is 5.10 Å². The Morgan fingerprint density at radius 3 is 2.85 bits per heavy atom. The summed E-state index contributed by atoms with van der Waals surface area (Å²) < 4.78 is 1.82. The van der Waals surface area contributed by atoms with E-state index >= 15 is 0 Å². The lowest BCUT2D eigenvalue weighted by atomic mass is 9.93. The highest BCUT2D eigenvalue weighted by molar-refractivity contribution is 5.99. The summed E-state index contributed by atoms with van der Waals surface area (Å²) in [4.78, 5) is 18.5. The third kappa shape index (κ3) is 2.16. The molecule has 3 heterocycles. The van der Waals surface area contributed by atoms with Crippen molar-refractivity contribution in [1.29, 1.82) is 0 Å². The van der Waals surface area contributed by atoms with Gasteiger partial charge < -0.3 is 10.2 Å². The summed E-state index contributed by atoms with van der Waals surface area (Å²) in [6.07, 6.45) is 5.60. The van der Waals surface area contributed by atoms with Crippen molar-refractivity contribution in [2.75, 3.05) is 27.2 Å². The van der Waals surface area contributed by atoms with E-state index in [2.05, 4.69) is 27.3 Å². The van der Waals surface area contributed by atoms with E-state index in [9.17, 15) is 4.79 Å². The van der Waals surface area contributed by atoms with Crippen LogP contribution in [0.1, 0.15) is 34.8 Å². The van der Waals surface area contributed by atoms with E-state index < -0.39 is 0 Å². The number of nitrogens with one attached hydrogen (secondary N) is 1. The zero-order valence-electron chi connectivity index (χ0n) is 11.8. The fourth-order valence-electron chi connectivity index (χ4n) is 2.82. The predicted molar refractivity (Wildman–Crippen MR) is 75.8 cm³/mol. The van der Waals surface area contributed by atoms with Gasteiger partial charge >= 0.3 is 0 Å². The maximum Gasteiger partial charge on any atom is 0.256 e. The first-order chi connectivity index (χ1) is 9.70. The Morgan fingerprint density at radius 2 is 2.15 bits per heavy atom. The van der Waals surface area contributed by atoms with Crippen molar-refractivity contribution in [2.45, 2.75) is 18.8 Å². The van der Waals surface area contributed by atoms with Gasteiger partial charge in [0, 0.05) is 24.9 Å². The molecule has 0 spiro atoms. The quantitative estimate of drug-likeness (QED) is 0.883. The molecule has 2 aromatic rings. The summed E-state index contributed by atoms with van der Waals surface area (Å²) in [6.45, 7) is 2.19. The normalized spacial score (nSPS) is 17.5. The van der Waals surface area contributed by atoms with Gasteiger partial charge in [0.25, 0.3) is 5.91 Å². The molecular formula is C14H19N5O. The summed E-state index contributed by atoms with van der Waals surface area (Å²) in [5.41, 5.74) is 2.32. The molecule has 3 rings (SSSR count). The van der Waals surface area contributed by atoms with Gasteiger partial charge in [-0.3, -0.25) is 4.79 Å². The van der Waals surface area contributed by atoms with Crippen LogP contribution in [0.5, 0.6) is 0 Å². The number of hydrogen-bond donors (Lipinski definition) is 1. The highest BCUT2D eigenvalue weighted by atomic mass is 16.1. The van der Waals surface area contributed by atoms with Crippen LogP contribution in [-0.4, -0.2) is 52.6 Å². The zero-order valence-corrected chi connectivity index (χ0v) is 11.8. The zero-order chi connectivity index (χ0) is 14.1. The Hall–Kier alpha value is -1.95. The van der Waals surface area contributed by atoms with Crippen molar-refractivity contribution in [1.82, 2.24) is 24.8 Å². The van der Waals surface area contributed by atoms with Gasteiger partial charge in [-0.25, -0.2) is 9.50 Å². The van der Waals surface area contributed by atoms with E-state index in [0.717, 1.165) is 31.6 Å². The standard InChI is InChI=1S/C14H19N5O/c1-15-14(20)11-9-17-19-12(3-6-16-13(11)19)10-4-7-18(2)8-5-10/h3,6,9-10H,4-5,7-8H2,1-2H3,(H,15,20). The topological polar surface area (TPSA) is 62.5 Å². The minimum atomic E-state index is -0.145. The van der Waals surface area contributed by atoms with Crippen molar-refractivity contribution < 1.29 is 4.79 Å². The number of aromatic nitrogens is 3. The Kier molecular flexibility index (Phi) is 3.40. The van der Waals surface area contributed by atoms with Crippen LogP contribution < -0.4 is 5.32 Å². The van der Waals surface area contributed by atoms with E-state index in [0.29, 0.717) is 17.1 Å². The van der Waals surface area contributed by atoms with Crippen molar-refractivity contribution in [3.63, 3.8) is 0 Å². The van der Waals surface area contributed by atoms with Crippen LogP contribution in [0.2, 0.25) is 0 Å². The number of piperidine rings is 1. The van der Waals surface area contributed by atoms with Crippen LogP contribution in [-0.2, 0) is 0 Å². The summed E-state index contributed by atoms with van der Waals surface area (Å²) in [7, 11) is 3.77. The van der Waals surface area contributed by atoms with Crippen LogP contribution in [0.25, 0.3) is 5.65 Å². The molecule has 1 aliphatic heterocycles. The average Bonchev–Trinajstić information content (AvgIpc) is 2.91. The average molecular weight is 273 g/mol. The first-order valence-electron chi connectivity index (χ1n) is 6.94. The van der Waals surface area contributed by atoms with E-state index in [4.69, 9.17) is 0 Å². The summed E-state index contributed by atoms with van der Waals surface area (Å²) >= 11 is 0. The van der Waals surface area contributed by atoms with Crippen molar-refractivity contribution in [3.05, 3.63) is 29.7 Å². The molecule has 106 valence electrons. The lowest BCUT2D eigenvalue weighted by molar-refractivity contribution is 0.0964. The third-order valence-electron chi connectivity index (χ3n) is 4.04. The van der Waals surface area contributed by atoms with Gasteiger partial charge in [0.2, 0.25) is 0 Å². The summed E-state index contributed by atoms with van der Waals surface area (Å²) in [5.74, 6) is 0.335. The largest absolute Gasteiger partial charge is 0.355 e. The van der Waals surface area contributed by atoms with Gasteiger partial charge in [0.1, 0.15) is 5.56 Å². The number of rotatable bonds is 2. The van der Waals surface area contributed by atoms with E-state index in [-0.39, 0.29) is 5.91 Å². The van der Waals surface area contributed by atoms with Gasteiger partial charge in [0.05, 0.1) is 6.20 Å². The van der Waals surface area contributed by atoms with Crippen LogP contribution in [0.4, 0.5) is 0 Å². The van der Waals surface area contributed by atoms with Crippen molar-refractivity contribution >= 4 is 11.6 Å². The fourth-order valence-corrected chi connectivity index (χ4v) is 2.82. The van der Waals surface area contributed by atoms with Gasteiger partial charge in [-0.1, -0.05) is 0 Å². The van der Waals surface area contributed by atoms with Crippen LogP contribution in [0.3, 0.4) is 0 Å². The Morgan fingerprint density at radius 1 is 1.40 bits per heavy atom. The number of nitrogens with zero attached hydrogens (tertiary/aromatic N) is 4. The van der Waals surface area contributed by atoms with Crippen LogP contribution in [0.15, 0.2) is 18.5 Å². The molecule has 1 aliphatic rings. The first kappa shape index (κ1) is 13.1. The van der Waals surface area contributed by atoms with E-state index in [1.165, 1.54) is 0 Å². The summed E-state index contributed by atoms with van der Waals surface area (Å²) in [5, 5.41) is 6.99. The lowest BCUT2D eigenvalue weighted by Gasteiger charge is -2.29. The molecule has 0 unspecified atom stereocenters. The highest BCUT2D eigenvalue weighted by Gasteiger charge is 2.22. The Balaban J connectivity index is 2.00. The second-order valence-electron chi connectivity index (χ2n) is 5.32. The fraction of sp³-hybridized carbons (Fsp3) is 0.500. The molecule has 1 saturated heterocycles. The number of fused-ring (bicyclic) bond motifs is 1. The molecule has 0 atom stereocenters. The molecule has 0 radical (unpaired) electrons. The Labute approximate surface area is 117 Å². The van der Waals surface area contributed by atoms with Gasteiger partial charge in [0.15, 0.2) is 5.65 Å². The van der Waals surface area contributed by atoms with Crippen molar-refractivity contribution in [2.24, 2.45) is 0 Å². The second-order valence-corrected chi connectivity index (χ2v) is 5.32. The number of likely N-dealkylation sites (tertiary alicyclic amines) is 1. The number of amides is 1. The minimum Gasteiger partial charge on any atom is -0.355 e. The number of carbonyl (C=O) groups excluding carboxylic acids is 1. The second kappa shape index (κ2) is 5.20. The molecule has 1 fully saturated rings. The highest BCUT2D eigenvalue weighted by Crippen LogP contribution is 2.27. The molecule has 0 saturated carbocycles. The van der Waals surface area contributed by atoms with Crippen molar-refractivity contribution in [3.8, 4) is 0 Å². The molecule has 1 N–H and O–H groups in total. The minimum absolute atomic E-state index is 0.145. The number of hydrogen-bond acceptors (Lipinski definition) is 4. The SMILES string of the molecule is CNC(=O)c1cnn2c(C3CCN(C)CC3)ccnc12. The predicted octanol–water partition coefficient (Wildman–Crippen LogP) is 0.898. The molecule has 1 amide bonds. The molecular weight excluding hydrogens is 254 g/mol. The molecule has 0 bridgehead atoms. The van der Waals surface area contributed by atoms with E-state index in [1.807, 2.05) is 10.6 Å². The Bertz CT molecular complexity index is 628. The molecule has 0 aliphatic carbocycles. The smallest absolute Gasteiger partial charge is 0.256 e. The van der Waals surface area contributed by atoms with Crippen LogP contribution >= 0.6 is 0 Å². The molecule has 6 nitrogen and oxygen atoms in total. The summed E-state index contributed by atoms with van der Waals surface area (Å²) in [6, 6.07) is 2.02. The van der Waals surface area contributed by atoms with Crippen LogP contribution in [0, 0.1) is 0 Å². The number of carbonyl (C=O) groups is 1. The van der Waals surface area contributed by atoms with Gasteiger partial charge in [-0.15, -0.1) is 0 Å². The molecule has 6 heteroatoms. The monoisotopic (exact) mass is 273 g/mol. The maximum atomic E-state index is 11.8. The maximum absolute atomic E-state index is 11.8. The first-order valence-corrected chi connectivity index (χ1v) is 6.94. The van der Waals surface area contributed by atoms with E-state index in [1.54, 1.807) is 19.4 Å². The lowest BCUT2D eigenvalue weighted by Crippen LogP contribution is -2.30. The molecule has 20 heavy (non-hydrogen) atoms. The molecule has 0 aromatic carbocycles. The molecule has 2 aromatic heterocycles.